The van der Waals surface area contributed by atoms with Crippen LogP contribution in [0.15, 0.2) is 24.3 Å². The molecule has 0 unspecified atom stereocenters. The molecule has 1 heterocycles. The molecule has 1 aromatic rings. The Hall–Kier alpha value is -1.75. The molecule has 18 heavy (non-hydrogen) atoms. The zero-order valence-electron chi connectivity index (χ0n) is 10.6. The van der Waals surface area contributed by atoms with Crippen LogP contribution >= 0.6 is 0 Å². The molecular weight excluding hydrogens is 230 g/mol. The summed E-state index contributed by atoms with van der Waals surface area (Å²) in [5.41, 5.74) is 7.76. The second-order valence-corrected chi connectivity index (χ2v) is 4.48. The van der Waals surface area contributed by atoms with Gasteiger partial charge in [-0.2, -0.15) is 0 Å². The fourth-order valence-electron chi connectivity index (χ4n) is 2.17. The van der Waals surface area contributed by atoms with Crippen molar-refractivity contribution in [2.45, 2.75) is 6.54 Å². The molecule has 1 aliphatic rings. The lowest BCUT2D eigenvalue weighted by molar-refractivity contribution is 0.0889. The van der Waals surface area contributed by atoms with Gasteiger partial charge in [0, 0.05) is 38.4 Å². The average molecular weight is 249 g/mol. The molecule has 1 aromatic carbocycles. The number of rotatable bonds is 2. The Kier molecular flexibility index (Phi) is 4.04. The summed E-state index contributed by atoms with van der Waals surface area (Å²) >= 11 is 0. The number of carbonyl (C=O) groups excluding carboxylic acids is 1. The first-order valence-electron chi connectivity index (χ1n) is 6.08. The van der Waals surface area contributed by atoms with Gasteiger partial charge in [0.15, 0.2) is 0 Å². The van der Waals surface area contributed by atoms with Crippen molar-refractivity contribution in [3.8, 4) is 0 Å². The van der Waals surface area contributed by atoms with E-state index in [1.165, 1.54) is 12.7 Å². The number of hydrogen-bond donors (Lipinski definition) is 1. The highest BCUT2D eigenvalue weighted by molar-refractivity contribution is 5.67. The molecule has 0 saturated carbocycles. The predicted molar refractivity (Wildman–Crippen MR) is 70.1 cm³/mol. The van der Waals surface area contributed by atoms with Gasteiger partial charge < -0.3 is 15.4 Å². The molecule has 2 rings (SSSR count). The first-order valence-corrected chi connectivity index (χ1v) is 6.08. The number of piperazine rings is 1. The standard InChI is InChI=1S/C13H19N3O2/c1-18-13(17)16-7-5-15(6-8-16)10-11-3-2-4-12(14)9-11/h2-4,9H,5-8,10,14H2,1H3. The van der Waals surface area contributed by atoms with Crippen LogP contribution in [0.25, 0.3) is 0 Å². The number of methoxy groups -OCH3 is 1. The molecule has 1 aliphatic heterocycles. The van der Waals surface area contributed by atoms with Gasteiger partial charge in [0.1, 0.15) is 0 Å². The summed E-state index contributed by atoms with van der Waals surface area (Å²) in [6.07, 6.45) is -0.237. The lowest BCUT2D eigenvalue weighted by Gasteiger charge is -2.33. The summed E-state index contributed by atoms with van der Waals surface area (Å²) in [4.78, 5) is 15.4. The minimum absolute atomic E-state index is 0.237. The summed E-state index contributed by atoms with van der Waals surface area (Å²) in [5.74, 6) is 0. The third kappa shape index (κ3) is 3.13. The van der Waals surface area contributed by atoms with Crippen LogP contribution in [0.4, 0.5) is 10.5 Å². The molecule has 1 fully saturated rings. The molecule has 0 aromatic heterocycles. The minimum atomic E-state index is -0.237. The Balaban J connectivity index is 1.85. The van der Waals surface area contributed by atoms with Gasteiger partial charge in [0.05, 0.1) is 7.11 Å². The van der Waals surface area contributed by atoms with Gasteiger partial charge in [-0.05, 0) is 17.7 Å². The summed E-state index contributed by atoms with van der Waals surface area (Å²) in [5, 5.41) is 0. The van der Waals surface area contributed by atoms with Crippen molar-refractivity contribution in [3.05, 3.63) is 29.8 Å². The summed E-state index contributed by atoms with van der Waals surface area (Å²) < 4.78 is 4.71. The Morgan fingerprint density at radius 2 is 2.06 bits per heavy atom. The number of nitrogen functional groups attached to an aromatic ring is 1. The van der Waals surface area contributed by atoms with Gasteiger partial charge in [-0.1, -0.05) is 12.1 Å². The normalized spacial score (nSPS) is 16.6. The monoisotopic (exact) mass is 249 g/mol. The Morgan fingerprint density at radius 3 is 2.67 bits per heavy atom. The molecule has 0 aliphatic carbocycles. The quantitative estimate of drug-likeness (QED) is 0.799. The van der Waals surface area contributed by atoms with E-state index in [4.69, 9.17) is 10.5 Å². The van der Waals surface area contributed by atoms with Gasteiger partial charge in [0.25, 0.3) is 0 Å². The number of benzene rings is 1. The highest BCUT2D eigenvalue weighted by atomic mass is 16.5. The van der Waals surface area contributed by atoms with Crippen LogP contribution in [-0.4, -0.2) is 49.2 Å². The molecule has 0 radical (unpaired) electrons. The van der Waals surface area contributed by atoms with Gasteiger partial charge in [-0.15, -0.1) is 0 Å². The number of nitrogens with zero attached hydrogens (tertiary/aromatic N) is 2. The lowest BCUT2D eigenvalue weighted by atomic mass is 10.2. The maximum absolute atomic E-state index is 11.3. The Labute approximate surface area is 107 Å². The van der Waals surface area contributed by atoms with E-state index >= 15 is 0 Å². The van der Waals surface area contributed by atoms with Crippen LogP contribution in [-0.2, 0) is 11.3 Å². The smallest absolute Gasteiger partial charge is 0.409 e. The number of ether oxygens (including phenoxy) is 1. The van der Waals surface area contributed by atoms with E-state index in [0.717, 1.165) is 38.4 Å². The molecule has 0 bridgehead atoms. The van der Waals surface area contributed by atoms with Gasteiger partial charge in [-0.25, -0.2) is 4.79 Å². The third-order valence-electron chi connectivity index (χ3n) is 3.16. The molecular formula is C13H19N3O2. The molecule has 98 valence electrons. The molecule has 1 saturated heterocycles. The molecule has 5 heteroatoms. The largest absolute Gasteiger partial charge is 0.453 e. The molecule has 0 atom stereocenters. The zero-order valence-corrected chi connectivity index (χ0v) is 10.6. The summed E-state index contributed by atoms with van der Waals surface area (Å²) in [6.45, 7) is 4.04. The highest BCUT2D eigenvalue weighted by Gasteiger charge is 2.21. The van der Waals surface area contributed by atoms with E-state index in [1.54, 1.807) is 4.90 Å². The van der Waals surface area contributed by atoms with E-state index in [1.807, 2.05) is 18.2 Å². The SMILES string of the molecule is COC(=O)N1CCN(Cc2cccc(N)c2)CC1. The molecule has 2 N–H and O–H groups in total. The molecule has 5 nitrogen and oxygen atoms in total. The van der Waals surface area contributed by atoms with Gasteiger partial charge in [0.2, 0.25) is 0 Å². The average Bonchev–Trinajstić information content (AvgIpc) is 2.39. The maximum atomic E-state index is 11.3. The first-order chi connectivity index (χ1) is 8.69. The van der Waals surface area contributed by atoms with Gasteiger partial charge >= 0.3 is 6.09 Å². The lowest BCUT2D eigenvalue weighted by Crippen LogP contribution is -2.48. The van der Waals surface area contributed by atoms with Crippen LogP contribution < -0.4 is 5.73 Å². The van der Waals surface area contributed by atoms with Crippen molar-refractivity contribution >= 4 is 11.8 Å². The second kappa shape index (κ2) is 5.73. The van der Waals surface area contributed by atoms with Crippen molar-refractivity contribution in [2.75, 3.05) is 39.0 Å². The van der Waals surface area contributed by atoms with Crippen LogP contribution in [0, 0.1) is 0 Å². The van der Waals surface area contributed by atoms with Crippen LogP contribution in [0.3, 0.4) is 0 Å². The predicted octanol–water partition coefficient (Wildman–Crippen LogP) is 1.15. The number of nitrogens with two attached hydrogens (primary N) is 1. The van der Waals surface area contributed by atoms with E-state index in [0.29, 0.717) is 0 Å². The zero-order chi connectivity index (χ0) is 13.0. The van der Waals surface area contributed by atoms with Crippen LogP contribution in [0.5, 0.6) is 0 Å². The van der Waals surface area contributed by atoms with E-state index in [9.17, 15) is 4.79 Å². The van der Waals surface area contributed by atoms with E-state index in [2.05, 4.69) is 11.0 Å². The Morgan fingerprint density at radius 1 is 1.33 bits per heavy atom. The van der Waals surface area contributed by atoms with Gasteiger partial charge in [-0.3, -0.25) is 4.90 Å². The minimum Gasteiger partial charge on any atom is -0.453 e. The Bertz CT molecular complexity index is 414. The summed E-state index contributed by atoms with van der Waals surface area (Å²) in [6, 6.07) is 7.92. The number of hydrogen-bond acceptors (Lipinski definition) is 4. The second-order valence-electron chi connectivity index (χ2n) is 4.48. The van der Waals surface area contributed by atoms with E-state index in [-0.39, 0.29) is 6.09 Å². The maximum Gasteiger partial charge on any atom is 0.409 e. The third-order valence-corrected chi connectivity index (χ3v) is 3.16. The first kappa shape index (κ1) is 12.7. The van der Waals surface area contributed by atoms with E-state index < -0.39 is 0 Å². The highest BCUT2D eigenvalue weighted by Crippen LogP contribution is 2.11. The van der Waals surface area contributed by atoms with Crippen molar-refractivity contribution in [2.24, 2.45) is 0 Å². The van der Waals surface area contributed by atoms with Crippen molar-refractivity contribution in [1.29, 1.82) is 0 Å². The van der Waals surface area contributed by atoms with Crippen LogP contribution in [0.1, 0.15) is 5.56 Å². The van der Waals surface area contributed by atoms with Crippen molar-refractivity contribution in [3.63, 3.8) is 0 Å². The van der Waals surface area contributed by atoms with Crippen molar-refractivity contribution < 1.29 is 9.53 Å². The summed E-state index contributed by atoms with van der Waals surface area (Å²) in [7, 11) is 1.42. The molecule has 1 amide bonds. The molecule has 0 spiro atoms. The van der Waals surface area contributed by atoms with Crippen molar-refractivity contribution in [1.82, 2.24) is 9.80 Å². The number of amides is 1. The van der Waals surface area contributed by atoms with Crippen LogP contribution in [0.2, 0.25) is 0 Å². The fourth-order valence-corrected chi connectivity index (χ4v) is 2.17. The fraction of sp³-hybridized carbons (Fsp3) is 0.462. The number of carbonyl (C=O) groups is 1. The topological polar surface area (TPSA) is 58.8 Å². The number of anilines is 1.